The van der Waals surface area contributed by atoms with Crippen molar-refractivity contribution in [1.82, 2.24) is 0 Å². The highest BCUT2D eigenvalue weighted by Crippen LogP contribution is 1.87. The summed E-state index contributed by atoms with van der Waals surface area (Å²) in [4.78, 5) is 0. The van der Waals surface area contributed by atoms with Crippen molar-refractivity contribution in [1.29, 1.82) is 0 Å². The van der Waals surface area contributed by atoms with Crippen molar-refractivity contribution in [3.05, 3.63) is 0 Å². The van der Waals surface area contributed by atoms with Crippen LogP contribution in [0.2, 0.25) is 0 Å². The highest BCUT2D eigenvalue weighted by Gasteiger charge is 2.04. The molecule has 0 aliphatic rings. The summed E-state index contributed by atoms with van der Waals surface area (Å²) in [5, 5.41) is 8.14. The molecule has 0 radical (unpaired) electrons. The largest absolute Gasteiger partial charge is 0.483 e. The van der Waals surface area contributed by atoms with Gasteiger partial charge in [0.1, 0.15) is 0 Å². The molecular weight excluding hydrogens is 212 g/mol. The van der Waals surface area contributed by atoms with E-state index in [1.165, 1.54) is 0 Å². The third kappa shape index (κ3) is 15.1. The van der Waals surface area contributed by atoms with Crippen molar-refractivity contribution >= 4 is 21.1 Å². The Kier molecular flexibility index (Phi) is 18.1. The summed E-state index contributed by atoms with van der Waals surface area (Å²) in [7, 11) is 3.05. The second-order valence-corrected chi connectivity index (χ2v) is 4.49. The van der Waals surface area contributed by atoms with Crippen molar-refractivity contribution in [3.63, 3.8) is 0 Å². The van der Waals surface area contributed by atoms with E-state index in [9.17, 15) is 0 Å². The molecule has 0 aromatic heterocycles. The molecule has 0 heterocycles. The molecule has 0 amide bonds. The molecule has 0 aliphatic heterocycles. The molecule has 0 rings (SSSR count). The number of hydrogen-bond acceptors (Lipinski definition) is 4. The lowest BCUT2D eigenvalue weighted by molar-refractivity contribution is 0.163. The second kappa shape index (κ2) is 14.8. The minimum absolute atomic E-state index is 0.271. The lowest BCUT2D eigenvalue weighted by Gasteiger charge is -2.05. The Balaban J connectivity index is 0. The van der Waals surface area contributed by atoms with Crippen LogP contribution in [0.4, 0.5) is 0 Å². The SMILES string of the molecule is CO[SiH](OC)OC.OCCCCCl. The van der Waals surface area contributed by atoms with E-state index in [0.29, 0.717) is 5.88 Å². The number of alkyl halides is 1. The maximum Gasteiger partial charge on any atom is 0.483 e. The fraction of sp³-hybridized carbons (Fsp3) is 1.00. The van der Waals surface area contributed by atoms with E-state index < -0.39 is 9.53 Å². The standard InChI is InChI=1S/C4H9ClO.C3H10O3Si/c5-3-1-2-4-6;1-4-7(5-2)6-3/h6H,1-4H2;7H,1-3H3. The minimum Gasteiger partial charge on any atom is -0.396 e. The Labute approximate surface area is 86.7 Å². The molecule has 0 fully saturated rings. The first-order valence-corrected chi connectivity index (χ1v) is 5.96. The zero-order valence-corrected chi connectivity index (χ0v) is 10.4. The molecule has 0 unspecified atom stereocenters. The van der Waals surface area contributed by atoms with E-state index in [0.717, 1.165) is 12.8 Å². The molecule has 0 aromatic carbocycles. The fourth-order valence-corrected chi connectivity index (χ4v) is 1.26. The van der Waals surface area contributed by atoms with Crippen LogP contribution in [-0.2, 0) is 13.3 Å². The Hall–Kier alpha value is 0.347. The molecule has 13 heavy (non-hydrogen) atoms. The average Bonchev–Trinajstić information content (AvgIpc) is 2.18. The van der Waals surface area contributed by atoms with Crippen LogP contribution in [0.25, 0.3) is 0 Å². The van der Waals surface area contributed by atoms with Crippen molar-refractivity contribution < 1.29 is 18.4 Å². The molecule has 0 saturated heterocycles. The van der Waals surface area contributed by atoms with Gasteiger partial charge < -0.3 is 18.4 Å². The van der Waals surface area contributed by atoms with Gasteiger partial charge in [-0.05, 0) is 12.8 Å². The fourth-order valence-electron chi connectivity index (χ4n) is 0.495. The summed E-state index contributed by atoms with van der Waals surface area (Å²) < 4.78 is 14.2. The van der Waals surface area contributed by atoms with E-state index in [1.807, 2.05) is 0 Å². The molecule has 4 nitrogen and oxygen atoms in total. The van der Waals surface area contributed by atoms with E-state index >= 15 is 0 Å². The Morgan fingerprint density at radius 3 is 1.62 bits per heavy atom. The van der Waals surface area contributed by atoms with Gasteiger partial charge >= 0.3 is 9.53 Å². The van der Waals surface area contributed by atoms with Gasteiger partial charge in [0, 0.05) is 33.8 Å². The van der Waals surface area contributed by atoms with Gasteiger partial charge in [-0.25, -0.2) is 0 Å². The number of halogens is 1. The zero-order chi connectivity index (χ0) is 10.5. The summed E-state index contributed by atoms with van der Waals surface area (Å²) in [6.45, 7) is 0.271. The number of aliphatic hydroxyl groups excluding tert-OH is 1. The number of rotatable bonds is 6. The lowest BCUT2D eigenvalue weighted by atomic mass is 10.4. The van der Waals surface area contributed by atoms with Gasteiger partial charge in [-0.1, -0.05) is 0 Å². The lowest BCUT2D eigenvalue weighted by Crippen LogP contribution is -2.21. The Bertz CT molecular complexity index is 73.4. The van der Waals surface area contributed by atoms with Crippen LogP contribution < -0.4 is 0 Å². The van der Waals surface area contributed by atoms with Crippen LogP contribution in [0.5, 0.6) is 0 Å². The van der Waals surface area contributed by atoms with Gasteiger partial charge in [0.05, 0.1) is 0 Å². The van der Waals surface area contributed by atoms with Crippen LogP contribution in [0.15, 0.2) is 0 Å². The highest BCUT2D eigenvalue weighted by atomic mass is 35.5. The normalized spacial score (nSPS) is 9.69. The van der Waals surface area contributed by atoms with Crippen LogP contribution in [-0.4, -0.2) is 48.5 Å². The highest BCUT2D eigenvalue weighted by molar-refractivity contribution is 6.36. The van der Waals surface area contributed by atoms with Crippen LogP contribution in [0.3, 0.4) is 0 Å². The molecule has 0 spiro atoms. The van der Waals surface area contributed by atoms with Crippen LogP contribution in [0, 0.1) is 0 Å². The van der Waals surface area contributed by atoms with Gasteiger partial charge in [-0.3, -0.25) is 0 Å². The molecule has 0 aliphatic carbocycles. The topological polar surface area (TPSA) is 47.9 Å². The van der Waals surface area contributed by atoms with Gasteiger partial charge in [-0.15, -0.1) is 11.6 Å². The summed E-state index contributed by atoms with van der Waals surface area (Å²) >= 11 is 5.27. The molecule has 1 N–H and O–H groups in total. The second-order valence-electron chi connectivity index (χ2n) is 2.12. The van der Waals surface area contributed by atoms with E-state index in [1.54, 1.807) is 21.3 Å². The molecule has 82 valence electrons. The first kappa shape index (κ1) is 15.8. The number of unbranched alkanes of at least 4 members (excludes halogenated alkanes) is 1. The summed E-state index contributed by atoms with van der Waals surface area (Å²) in [6, 6.07) is 0. The van der Waals surface area contributed by atoms with Crippen molar-refractivity contribution in [2.45, 2.75) is 12.8 Å². The van der Waals surface area contributed by atoms with Crippen molar-refractivity contribution in [3.8, 4) is 0 Å². The molecule has 0 atom stereocenters. The van der Waals surface area contributed by atoms with E-state index in [-0.39, 0.29) is 6.61 Å². The summed E-state index contributed by atoms with van der Waals surface area (Å²) in [5.74, 6) is 0.667. The van der Waals surface area contributed by atoms with E-state index in [4.69, 9.17) is 30.0 Å². The van der Waals surface area contributed by atoms with Gasteiger partial charge in [-0.2, -0.15) is 0 Å². The first-order valence-electron chi connectivity index (χ1n) is 4.02. The quantitative estimate of drug-likeness (QED) is 0.413. The Morgan fingerprint density at radius 1 is 1.08 bits per heavy atom. The monoisotopic (exact) mass is 230 g/mol. The van der Waals surface area contributed by atoms with Crippen molar-refractivity contribution in [2.24, 2.45) is 0 Å². The molecule has 0 saturated carbocycles. The summed E-state index contributed by atoms with van der Waals surface area (Å²) in [5.41, 5.74) is 0. The van der Waals surface area contributed by atoms with Gasteiger partial charge in [0.2, 0.25) is 0 Å². The first-order chi connectivity index (χ1) is 6.26. The summed E-state index contributed by atoms with van der Waals surface area (Å²) in [6.07, 6.45) is 1.77. The van der Waals surface area contributed by atoms with Gasteiger partial charge in [0.25, 0.3) is 0 Å². The van der Waals surface area contributed by atoms with E-state index in [2.05, 4.69) is 0 Å². The third-order valence-electron chi connectivity index (χ3n) is 1.12. The number of hydrogen-bond donors (Lipinski definition) is 1. The number of aliphatic hydroxyl groups is 1. The molecule has 0 aromatic rings. The Morgan fingerprint density at radius 2 is 1.54 bits per heavy atom. The minimum atomic E-state index is -1.67. The van der Waals surface area contributed by atoms with Crippen LogP contribution >= 0.6 is 11.6 Å². The maximum atomic E-state index is 8.14. The predicted molar refractivity (Wildman–Crippen MR) is 55.2 cm³/mol. The third-order valence-corrected chi connectivity index (χ3v) is 2.54. The maximum absolute atomic E-state index is 8.14. The van der Waals surface area contributed by atoms with Crippen molar-refractivity contribution in [2.75, 3.05) is 33.8 Å². The smallest absolute Gasteiger partial charge is 0.396 e. The molecule has 6 heteroatoms. The molecule has 0 bridgehead atoms. The predicted octanol–water partition coefficient (Wildman–Crippen LogP) is 0.640. The average molecular weight is 231 g/mol. The zero-order valence-electron chi connectivity index (χ0n) is 8.46. The van der Waals surface area contributed by atoms with Crippen LogP contribution in [0.1, 0.15) is 12.8 Å². The molecular formula is C7H19ClO4Si. The van der Waals surface area contributed by atoms with Gasteiger partial charge in [0.15, 0.2) is 0 Å².